The third kappa shape index (κ3) is 3.56. The Morgan fingerprint density at radius 2 is 2.41 bits per heavy atom. The average molecular weight is 335 g/mol. The van der Waals surface area contributed by atoms with Crippen molar-refractivity contribution in [1.29, 1.82) is 0 Å². The third-order valence-corrected chi connectivity index (χ3v) is 5.77. The third-order valence-electron chi connectivity index (χ3n) is 4.17. The van der Waals surface area contributed by atoms with E-state index in [1.165, 1.54) is 4.88 Å². The van der Waals surface area contributed by atoms with Crippen LogP contribution >= 0.6 is 22.7 Å². The van der Waals surface area contributed by atoms with Crippen LogP contribution in [0.5, 0.6) is 0 Å². The molecule has 0 aliphatic carbocycles. The molecule has 0 saturated carbocycles. The van der Waals surface area contributed by atoms with Crippen LogP contribution in [0, 0.1) is 12.8 Å². The smallest absolute Gasteiger partial charge is 0.254 e. The van der Waals surface area contributed by atoms with Gasteiger partial charge < -0.3 is 9.80 Å². The lowest BCUT2D eigenvalue weighted by atomic mass is 10.1. The highest BCUT2D eigenvalue weighted by atomic mass is 32.1. The van der Waals surface area contributed by atoms with Crippen LogP contribution in [0.1, 0.15) is 27.3 Å². The van der Waals surface area contributed by atoms with E-state index >= 15 is 0 Å². The number of thiophene rings is 1. The number of hydrogen-bond donors (Lipinski definition) is 0. The van der Waals surface area contributed by atoms with Gasteiger partial charge in [-0.1, -0.05) is 0 Å². The zero-order valence-corrected chi connectivity index (χ0v) is 14.6. The molecule has 0 unspecified atom stereocenters. The summed E-state index contributed by atoms with van der Waals surface area (Å²) in [6, 6.07) is 1.92. The Balaban J connectivity index is 1.50. The van der Waals surface area contributed by atoms with Crippen molar-refractivity contribution in [1.82, 2.24) is 14.8 Å². The molecule has 0 radical (unpaired) electrons. The van der Waals surface area contributed by atoms with Gasteiger partial charge in [0.05, 0.1) is 16.8 Å². The summed E-state index contributed by atoms with van der Waals surface area (Å²) in [5, 5.41) is 3.90. The quantitative estimate of drug-likeness (QED) is 0.842. The van der Waals surface area contributed by atoms with Crippen molar-refractivity contribution >= 4 is 28.6 Å². The van der Waals surface area contributed by atoms with Gasteiger partial charge in [-0.2, -0.15) is 11.3 Å². The highest BCUT2D eigenvalue weighted by Gasteiger charge is 2.27. The van der Waals surface area contributed by atoms with Gasteiger partial charge in [0.1, 0.15) is 0 Å². The van der Waals surface area contributed by atoms with Crippen LogP contribution in [-0.2, 0) is 6.54 Å². The van der Waals surface area contributed by atoms with Gasteiger partial charge in [0, 0.05) is 36.4 Å². The van der Waals surface area contributed by atoms with Gasteiger partial charge in [-0.3, -0.25) is 4.79 Å². The molecule has 0 bridgehead atoms. The number of rotatable bonds is 5. The standard InChI is InChI=1S/C16H21N3OS2/c1-12-15(22-11-17-12)9-18(2)7-13-3-5-19(8-13)16(20)14-4-6-21-10-14/h4,6,10-11,13H,3,5,7-9H2,1-2H3/t13-/m1/s1. The Labute approximate surface area is 139 Å². The summed E-state index contributed by atoms with van der Waals surface area (Å²) >= 11 is 3.30. The fraction of sp³-hybridized carbons (Fsp3) is 0.500. The summed E-state index contributed by atoms with van der Waals surface area (Å²) in [6.45, 7) is 5.81. The number of hydrogen-bond acceptors (Lipinski definition) is 5. The molecule has 118 valence electrons. The molecule has 2 aromatic rings. The number of aryl methyl sites for hydroxylation is 1. The van der Waals surface area contributed by atoms with Crippen LogP contribution in [0.25, 0.3) is 0 Å². The Kier molecular flexibility index (Phi) is 4.90. The number of likely N-dealkylation sites (tertiary alicyclic amines) is 1. The first-order chi connectivity index (χ1) is 10.6. The first kappa shape index (κ1) is 15.6. The maximum Gasteiger partial charge on any atom is 0.254 e. The first-order valence-corrected chi connectivity index (χ1v) is 9.34. The lowest BCUT2D eigenvalue weighted by Gasteiger charge is -2.21. The van der Waals surface area contributed by atoms with Gasteiger partial charge in [-0.15, -0.1) is 11.3 Å². The van der Waals surface area contributed by atoms with E-state index < -0.39 is 0 Å². The number of aromatic nitrogens is 1. The summed E-state index contributed by atoms with van der Waals surface area (Å²) in [5.41, 5.74) is 3.88. The van der Waals surface area contributed by atoms with Crippen LogP contribution in [0.3, 0.4) is 0 Å². The lowest BCUT2D eigenvalue weighted by molar-refractivity contribution is 0.0784. The van der Waals surface area contributed by atoms with Crippen LogP contribution in [-0.4, -0.2) is 47.4 Å². The fourth-order valence-electron chi connectivity index (χ4n) is 2.96. The highest BCUT2D eigenvalue weighted by molar-refractivity contribution is 7.09. The molecular weight excluding hydrogens is 314 g/mol. The van der Waals surface area contributed by atoms with Crippen LogP contribution < -0.4 is 0 Å². The maximum atomic E-state index is 12.4. The van der Waals surface area contributed by atoms with E-state index in [4.69, 9.17) is 0 Å². The molecule has 1 amide bonds. The number of amides is 1. The predicted molar refractivity (Wildman–Crippen MR) is 91.5 cm³/mol. The molecule has 3 rings (SSSR count). The Bertz CT molecular complexity index is 623. The molecule has 4 nitrogen and oxygen atoms in total. The molecule has 2 aromatic heterocycles. The predicted octanol–water partition coefficient (Wildman–Crippen LogP) is 3.11. The second-order valence-electron chi connectivity index (χ2n) is 5.98. The van der Waals surface area contributed by atoms with Gasteiger partial charge in [0.25, 0.3) is 5.91 Å². The summed E-state index contributed by atoms with van der Waals surface area (Å²) < 4.78 is 0. The SMILES string of the molecule is Cc1ncsc1CN(C)C[C@H]1CCN(C(=O)c2ccsc2)C1. The monoisotopic (exact) mass is 335 g/mol. The van der Waals surface area contributed by atoms with Crippen molar-refractivity contribution in [3.05, 3.63) is 38.5 Å². The zero-order chi connectivity index (χ0) is 15.5. The van der Waals surface area contributed by atoms with E-state index in [0.717, 1.165) is 43.9 Å². The van der Waals surface area contributed by atoms with Crippen LogP contribution in [0.2, 0.25) is 0 Å². The molecule has 1 fully saturated rings. The lowest BCUT2D eigenvalue weighted by Crippen LogP contribution is -2.31. The summed E-state index contributed by atoms with van der Waals surface area (Å²) in [7, 11) is 2.16. The topological polar surface area (TPSA) is 36.4 Å². The molecule has 1 atom stereocenters. The van der Waals surface area contributed by atoms with Crippen molar-refractivity contribution in [3.63, 3.8) is 0 Å². The zero-order valence-electron chi connectivity index (χ0n) is 13.0. The van der Waals surface area contributed by atoms with Crippen LogP contribution in [0.4, 0.5) is 0 Å². The van der Waals surface area contributed by atoms with Gasteiger partial charge in [-0.25, -0.2) is 4.98 Å². The summed E-state index contributed by atoms with van der Waals surface area (Å²) in [4.78, 5) is 22.3. The Hall–Kier alpha value is -1.24. The molecule has 0 aromatic carbocycles. The number of nitrogens with zero attached hydrogens (tertiary/aromatic N) is 3. The minimum Gasteiger partial charge on any atom is -0.338 e. The maximum absolute atomic E-state index is 12.4. The molecule has 1 aliphatic heterocycles. The van der Waals surface area contributed by atoms with Gasteiger partial charge in [-0.05, 0) is 37.8 Å². The molecular formula is C16H21N3OS2. The minimum atomic E-state index is 0.185. The van der Waals surface area contributed by atoms with E-state index in [2.05, 4.69) is 23.9 Å². The number of carbonyl (C=O) groups is 1. The average Bonchev–Trinajstić information content (AvgIpc) is 3.21. The molecule has 3 heterocycles. The summed E-state index contributed by atoms with van der Waals surface area (Å²) in [6.07, 6.45) is 1.10. The fourth-order valence-corrected chi connectivity index (χ4v) is 4.45. The first-order valence-electron chi connectivity index (χ1n) is 7.52. The van der Waals surface area contributed by atoms with Crippen molar-refractivity contribution in [2.75, 3.05) is 26.7 Å². The van der Waals surface area contributed by atoms with E-state index in [9.17, 15) is 4.79 Å². The van der Waals surface area contributed by atoms with E-state index in [-0.39, 0.29) is 5.91 Å². The van der Waals surface area contributed by atoms with Crippen molar-refractivity contribution in [2.45, 2.75) is 19.9 Å². The molecule has 1 aliphatic rings. The second-order valence-corrected chi connectivity index (χ2v) is 7.69. The highest BCUT2D eigenvalue weighted by Crippen LogP contribution is 2.22. The normalized spacial score (nSPS) is 18.3. The number of carbonyl (C=O) groups excluding carboxylic acids is 1. The van der Waals surface area contributed by atoms with Crippen molar-refractivity contribution in [3.8, 4) is 0 Å². The van der Waals surface area contributed by atoms with Crippen molar-refractivity contribution in [2.24, 2.45) is 5.92 Å². The number of thiazole rings is 1. The van der Waals surface area contributed by atoms with Crippen LogP contribution in [0.15, 0.2) is 22.3 Å². The second kappa shape index (κ2) is 6.89. The van der Waals surface area contributed by atoms with Gasteiger partial charge >= 0.3 is 0 Å². The molecule has 22 heavy (non-hydrogen) atoms. The van der Waals surface area contributed by atoms with Crippen molar-refractivity contribution < 1.29 is 4.79 Å². The molecule has 0 N–H and O–H groups in total. The summed E-state index contributed by atoms with van der Waals surface area (Å²) in [5.74, 6) is 0.755. The molecule has 1 saturated heterocycles. The molecule has 6 heteroatoms. The van der Waals surface area contributed by atoms with E-state index in [1.54, 1.807) is 22.7 Å². The van der Waals surface area contributed by atoms with Gasteiger partial charge in [0.2, 0.25) is 0 Å². The minimum absolute atomic E-state index is 0.185. The van der Waals surface area contributed by atoms with Gasteiger partial charge in [0.15, 0.2) is 0 Å². The Morgan fingerprint density at radius 3 is 3.09 bits per heavy atom. The Morgan fingerprint density at radius 1 is 1.55 bits per heavy atom. The molecule has 0 spiro atoms. The van der Waals surface area contributed by atoms with E-state index in [1.807, 2.05) is 27.2 Å². The largest absolute Gasteiger partial charge is 0.338 e. The van der Waals surface area contributed by atoms with E-state index in [0.29, 0.717) is 5.92 Å².